The Bertz CT molecular complexity index is 265. The van der Waals surface area contributed by atoms with Crippen LogP contribution in [0.5, 0.6) is 0 Å². The topological polar surface area (TPSA) is 52.6 Å². The molecule has 90 valence electrons. The van der Waals surface area contributed by atoms with Gasteiger partial charge in [-0.05, 0) is 19.8 Å². The average molecular weight is 226 g/mol. The van der Waals surface area contributed by atoms with Gasteiger partial charge in [-0.25, -0.2) is 0 Å². The van der Waals surface area contributed by atoms with E-state index in [1.54, 1.807) is 13.8 Å². The Morgan fingerprint density at radius 2 is 2.06 bits per heavy atom. The van der Waals surface area contributed by atoms with E-state index in [4.69, 9.17) is 11.2 Å². The van der Waals surface area contributed by atoms with Crippen LogP contribution in [0, 0.1) is 18.3 Å². The molecule has 0 heterocycles. The van der Waals surface area contributed by atoms with E-state index in [1.165, 1.54) is 0 Å². The van der Waals surface area contributed by atoms with Gasteiger partial charge in [-0.15, -0.1) is 6.42 Å². The minimum Gasteiger partial charge on any atom is -0.466 e. The summed E-state index contributed by atoms with van der Waals surface area (Å²) in [6.45, 7) is 3.94. The number of carbonyl (C=O) groups excluding carboxylic acids is 2. The van der Waals surface area contributed by atoms with Crippen molar-refractivity contribution < 1.29 is 19.1 Å². The zero-order chi connectivity index (χ0) is 12.4. The van der Waals surface area contributed by atoms with Gasteiger partial charge in [-0.2, -0.15) is 0 Å². The van der Waals surface area contributed by atoms with Gasteiger partial charge in [0.2, 0.25) is 0 Å². The minimum atomic E-state index is -0.325. The molecule has 0 bridgehead atoms. The Labute approximate surface area is 96.3 Å². The summed E-state index contributed by atoms with van der Waals surface area (Å²) in [6.07, 6.45) is 6.44. The van der Waals surface area contributed by atoms with Gasteiger partial charge in [0.1, 0.15) is 0 Å². The van der Waals surface area contributed by atoms with Crippen molar-refractivity contribution >= 4 is 11.9 Å². The van der Waals surface area contributed by atoms with Crippen molar-refractivity contribution in [3.63, 3.8) is 0 Å². The first-order valence-corrected chi connectivity index (χ1v) is 5.37. The third-order valence-corrected chi connectivity index (χ3v) is 2.02. The number of hydrogen-bond acceptors (Lipinski definition) is 4. The summed E-state index contributed by atoms with van der Waals surface area (Å²) in [4.78, 5) is 22.3. The van der Waals surface area contributed by atoms with Crippen LogP contribution < -0.4 is 0 Å². The van der Waals surface area contributed by atoms with E-state index in [1.807, 2.05) is 0 Å². The summed E-state index contributed by atoms with van der Waals surface area (Å²) in [5.41, 5.74) is 0. The van der Waals surface area contributed by atoms with Crippen LogP contribution in [-0.2, 0) is 19.1 Å². The standard InChI is InChI=1S/C12H18O4/c1-4-9-16-11(13)8-6-7-10(3)12(14)15-5-2/h1,10H,5-9H2,2-3H3. The normalized spacial score (nSPS) is 11.3. The molecule has 0 aliphatic heterocycles. The lowest BCUT2D eigenvalue weighted by Gasteiger charge is -2.09. The third kappa shape index (κ3) is 6.88. The van der Waals surface area contributed by atoms with Crippen molar-refractivity contribution in [2.45, 2.75) is 33.1 Å². The first kappa shape index (κ1) is 14.5. The van der Waals surface area contributed by atoms with Gasteiger partial charge in [-0.1, -0.05) is 12.8 Å². The van der Waals surface area contributed by atoms with Crippen molar-refractivity contribution in [2.24, 2.45) is 5.92 Å². The Balaban J connectivity index is 3.61. The molecule has 1 atom stereocenters. The van der Waals surface area contributed by atoms with E-state index in [9.17, 15) is 9.59 Å². The molecule has 0 amide bonds. The predicted octanol–water partition coefficient (Wildman–Crippen LogP) is 1.53. The number of terminal acetylenes is 1. The number of carbonyl (C=O) groups is 2. The van der Waals surface area contributed by atoms with Gasteiger partial charge in [0.25, 0.3) is 0 Å². The van der Waals surface area contributed by atoms with Crippen molar-refractivity contribution in [3.05, 3.63) is 0 Å². The van der Waals surface area contributed by atoms with E-state index >= 15 is 0 Å². The summed E-state index contributed by atoms with van der Waals surface area (Å²) in [5.74, 6) is 1.49. The summed E-state index contributed by atoms with van der Waals surface area (Å²) >= 11 is 0. The molecule has 0 N–H and O–H groups in total. The zero-order valence-corrected chi connectivity index (χ0v) is 9.82. The van der Waals surface area contributed by atoms with Gasteiger partial charge in [0.05, 0.1) is 12.5 Å². The number of ether oxygens (including phenoxy) is 2. The largest absolute Gasteiger partial charge is 0.466 e. The van der Waals surface area contributed by atoms with E-state index < -0.39 is 0 Å². The Hall–Kier alpha value is -1.50. The van der Waals surface area contributed by atoms with E-state index in [0.29, 0.717) is 19.4 Å². The molecule has 0 aliphatic carbocycles. The minimum absolute atomic E-state index is 0.00621. The molecule has 0 saturated carbocycles. The van der Waals surface area contributed by atoms with Crippen LogP contribution in [0.15, 0.2) is 0 Å². The third-order valence-electron chi connectivity index (χ3n) is 2.02. The highest BCUT2D eigenvalue weighted by Gasteiger charge is 2.14. The van der Waals surface area contributed by atoms with Gasteiger partial charge >= 0.3 is 11.9 Å². The molecule has 0 fully saturated rings. The number of rotatable bonds is 7. The van der Waals surface area contributed by atoms with E-state index in [2.05, 4.69) is 10.7 Å². The SMILES string of the molecule is C#CCOC(=O)CCCC(C)C(=O)OCC. The first-order valence-electron chi connectivity index (χ1n) is 5.37. The Morgan fingerprint density at radius 3 is 2.62 bits per heavy atom. The van der Waals surface area contributed by atoms with Crippen LogP contribution in [0.25, 0.3) is 0 Å². The second-order valence-corrected chi connectivity index (χ2v) is 3.41. The lowest BCUT2D eigenvalue weighted by molar-refractivity contribution is -0.148. The van der Waals surface area contributed by atoms with Crippen molar-refractivity contribution in [1.29, 1.82) is 0 Å². The Kier molecular flexibility index (Phi) is 7.96. The summed E-state index contributed by atoms with van der Waals surface area (Å²) in [7, 11) is 0. The second kappa shape index (κ2) is 8.78. The monoisotopic (exact) mass is 226 g/mol. The lowest BCUT2D eigenvalue weighted by Crippen LogP contribution is -2.15. The van der Waals surface area contributed by atoms with Gasteiger partial charge in [0, 0.05) is 6.42 Å². The summed E-state index contributed by atoms with van der Waals surface area (Å²) in [5, 5.41) is 0. The van der Waals surface area contributed by atoms with E-state index in [-0.39, 0.29) is 30.9 Å². The highest BCUT2D eigenvalue weighted by atomic mass is 16.5. The van der Waals surface area contributed by atoms with Crippen LogP contribution in [-0.4, -0.2) is 25.2 Å². The molecule has 0 saturated heterocycles. The van der Waals surface area contributed by atoms with Gasteiger partial charge in [-0.3, -0.25) is 9.59 Å². The van der Waals surface area contributed by atoms with Gasteiger partial charge < -0.3 is 9.47 Å². The van der Waals surface area contributed by atoms with Crippen LogP contribution >= 0.6 is 0 Å². The molecule has 4 nitrogen and oxygen atoms in total. The second-order valence-electron chi connectivity index (χ2n) is 3.41. The quantitative estimate of drug-likeness (QED) is 0.488. The van der Waals surface area contributed by atoms with Crippen LogP contribution in [0.2, 0.25) is 0 Å². The first-order chi connectivity index (χ1) is 7.61. The Morgan fingerprint density at radius 1 is 1.38 bits per heavy atom. The van der Waals surface area contributed by atoms with Crippen molar-refractivity contribution in [2.75, 3.05) is 13.2 Å². The fraction of sp³-hybridized carbons (Fsp3) is 0.667. The maximum atomic E-state index is 11.2. The maximum Gasteiger partial charge on any atom is 0.308 e. The fourth-order valence-electron chi connectivity index (χ4n) is 1.15. The number of esters is 2. The molecule has 4 heteroatoms. The highest BCUT2D eigenvalue weighted by Crippen LogP contribution is 2.10. The summed E-state index contributed by atoms with van der Waals surface area (Å²) < 4.78 is 9.53. The molecule has 0 aliphatic rings. The highest BCUT2D eigenvalue weighted by molar-refractivity contribution is 5.72. The fourth-order valence-corrected chi connectivity index (χ4v) is 1.15. The molecule has 0 aromatic heterocycles. The summed E-state index contributed by atoms with van der Waals surface area (Å²) in [6, 6.07) is 0. The lowest BCUT2D eigenvalue weighted by atomic mass is 10.0. The zero-order valence-electron chi connectivity index (χ0n) is 9.82. The maximum absolute atomic E-state index is 11.2. The average Bonchev–Trinajstić information content (AvgIpc) is 2.26. The molecule has 16 heavy (non-hydrogen) atoms. The smallest absolute Gasteiger partial charge is 0.308 e. The molecule has 0 aromatic carbocycles. The van der Waals surface area contributed by atoms with E-state index in [0.717, 1.165) is 0 Å². The molecule has 0 radical (unpaired) electrons. The van der Waals surface area contributed by atoms with Gasteiger partial charge in [0.15, 0.2) is 6.61 Å². The van der Waals surface area contributed by atoms with Crippen molar-refractivity contribution in [3.8, 4) is 12.3 Å². The van der Waals surface area contributed by atoms with Crippen LogP contribution in [0.3, 0.4) is 0 Å². The molecule has 0 spiro atoms. The predicted molar refractivity (Wildman–Crippen MR) is 59.4 cm³/mol. The van der Waals surface area contributed by atoms with Crippen LogP contribution in [0.4, 0.5) is 0 Å². The molecule has 1 unspecified atom stereocenters. The van der Waals surface area contributed by atoms with Crippen molar-refractivity contribution in [1.82, 2.24) is 0 Å². The molecular weight excluding hydrogens is 208 g/mol. The number of hydrogen-bond donors (Lipinski definition) is 0. The molecular formula is C12H18O4. The van der Waals surface area contributed by atoms with Crippen LogP contribution in [0.1, 0.15) is 33.1 Å². The molecule has 0 aromatic rings. The molecule has 0 rings (SSSR count).